The maximum absolute atomic E-state index is 10.1. The van der Waals surface area contributed by atoms with Gasteiger partial charge >= 0.3 is 159 Å². The minimum atomic E-state index is -2.97. The summed E-state index contributed by atoms with van der Waals surface area (Å²) >= 11 is 0. The zero-order chi connectivity index (χ0) is 21.3. The summed E-state index contributed by atoms with van der Waals surface area (Å²) in [6.45, 7) is 0. The average Bonchev–Trinajstić information content (AvgIpc) is 2.34. The van der Waals surface area contributed by atoms with Gasteiger partial charge in [0.15, 0.2) is 0 Å². The van der Waals surface area contributed by atoms with E-state index in [9.17, 15) is 59.4 Å². The monoisotopic (exact) mass is 588 g/mol. The molecule has 0 aromatic rings. The average molecular weight is 588 g/mol. The number of carboxylic acid groups (broad SMARTS) is 6. The van der Waals surface area contributed by atoms with Crippen molar-refractivity contribution in [1.29, 1.82) is 0 Å². The molecule has 0 saturated carbocycles. The molecule has 0 atom stereocenters. The second-order valence-electron chi connectivity index (χ2n) is 4.83. The summed E-state index contributed by atoms with van der Waals surface area (Å²) in [5, 5.41) is 77.9. The van der Waals surface area contributed by atoms with Crippen LogP contribution in [0.5, 0.6) is 0 Å². The zero-order valence-corrected chi connectivity index (χ0v) is 21.4. The summed E-state index contributed by atoms with van der Waals surface area (Å²) in [7, 11) is 0. The van der Waals surface area contributed by atoms with Crippen LogP contribution in [0.3, 0.4) is 0 Å². The molecule has 0 spiro atoms. The molecule has 30 heavy (non-hydrogen) atoms. The Labute approximate surface area is 295 Å². The van der Waals surface area contributed by atoms with Crippen LogP contribution in [0.15, 0.2) is 0 Å². The summed E-state index contributed by atoms with van der Waals surface area (Å²) in [5.74, 6) is -12.0. The number of carbonyl (C=O) groups is 6. The summed E-state index contributed by atoms with van der Waals surface area (Å²) in [4.78, 5) is 60.0. The quantitative estimate of drug-likeness (QED) is 0.224. The fraction of sp³-hybridized carbons (Fsp3) is 0.500. The number of hydrogen-bond donors (Lipinski definition) is 2. The van der Waals surface area contributed by atoms with Crippen LogP contribution in [0, 0.1) is 0 Å². The molecule has 0 fully saturated rings. The maximum atomic E-state index is 10.1. The Kier molecular flexibility index (Phi) is 32.6. The molecular weight excluding hydrogens is 576 g/mol. The van der Waals surface area contributed by atoms with Crippen LogP contribution in [0.4, 0.5) is 0 Å². The standard InChI is InChI=1S/2C6H8O7.3Ca.Sr.2H/c2*7-3(8)1-6(13,5(11)12)2-4(9)10;;;;;;/h2*13H,1-2H2,(H,7,8)(H,9,10)(H,11,12);;;;;;/q;;3*+2;;;/p-6. The van der Waals surface area contributed by atoms with Gasteiger partial charge in [-0.3, -0.25) is 0 Å². The summed E-state index contributed by atoms with van der Waals surface area (Å²) in [6.07, 6.45) is -5.43. The molecule has 0 aliphatic rings. The van der Waals surface area contributed by atoms with Gasteiger partial charge in [-0.2, -0.15) is 0 Å². The topological polar surface area (TPSA) is 281 Å². The van der Waals surface area contributed by atoms with E-state index in [2.05, 4.69) is 0 Å². The second-order valence-corrected chi connectivity index (χ2v) is 4.83. The van der Waals surface area contributed by atoms with Crippen molar-refractivity contribution in [1.82, 2.24) is 0 Å². The van der Waals surface area contributed by atoms with Gasteiger partial charge in [0.1, 0.15) is 11.2 Å². The van der Waals surface area contributed by atoms with E-state index >= 15 is 0 Å². The number of rotatable bonds is 10. The first kappa shape index (κ1) is 45.5. The van der Waals surface area contributed by atoms with Gasteiger partial charge in [0, 0.05) is 49.6 Å². The van der Waals surface area contributed by atoms with Crippen LogP contribution in [0.2, 0.25) is 0 Å². The van der Waals surface area contributed by atoms with Crippen molar-refractivity contribution in [3.63, 3.8) is 0 Å². The van der Waals surface area contributed by atoms with Crippen LogP contribution in [-0.2, 0) is 28.8 Å². The number of hydrogen-bond acceptors (Lipinski definition) is 14. The zero-order valence-electron chi connectivity index (χ0n) is 14.7. The van der Waals surface area contributed by atoms with Gasteiger partial charge in [0.25, 0.3) is 0 Å². The van der Waals surface area contributed by atoms with E-state index in [-0.39, 0.29) is 159 Å². The van der Waals surface area contributed by atoms with Gasteiger partial charge < -0.3 is 69.6 Å². The van der Waals surface area contributed by atoms with E-state index < -0.39 is 72.7 Å². The number of carbonyl (C=O) groups excluding carboxylic acids is 6. The molecule has 0 rings (SSSR count). The van der Waals surface area contributed by atoms with Crippen molar-refractivity contribution in [2.24, 2.45) is 0 Å². The SMILES string of the molecule is O=C([O-])CC(O)(CC(=O)[O-])C(=O)[O-].O=C([O-])CC(O)(CC(=O)[O-])C(=O)[O-].[Ca+2].[Ca+2].[Ca+2].[SrH2]. The van der Waals surface area contributed by atoms with Crippen molar-refractivity contribution in [2.45, 2.75) is 36.9 Å². The third-order valence-electron chi connectivity index (χ3n) is 2.51. The van der Waals surface area contributed by atoms with Crippen LogP contribution < -0.4 is 30.6 Å². The molecule has 18 heteroatoms. The van der Waals surface area contributed by atoms with E-state index in [1.54, 1.807) is 0 Å². The van der Waals surface area contributed by atoms with Crippen molar-refractivity contribution >= 4 is 195 Å². The fourth-order valence-electron chi connectivity index (χ4n) is 1.37. The first-order valence-electron chi connectivity index (χ1n) is 6.23. The first-order chi connectivity index (χ1) is 11.6. The third-order valence-corrected chi connectivity index (χ3v) is 2.51. The van der Waals surface area contributed by atoms with Crippen LogP contribution >= 0.6 is 0 Å². The van der Waals surface area contributed by atoms with E-state index in [0.29, 0.717) is 0 Å². The Morgan fingerprint density at radius 3 is 0.700 bits per heavy atom. The normalized spacial score (nSPS) is 9.40. The molecule has 0 amide bonds. The summed E-state index contributed by atoms with van der Waals surface area (Å²) in [6, 6.07) is 0. The molecule has 14 nitrogen and oxygen atoms in total. The van der Waals surface area contributed by atoms with Gasteiger partial charge in [0.05, 0.1) is 11.9 Å². The Hall–Kier alpha value is 2.00. The predicted octanol–water partition coefficient (Wildman–Crippen LogP) is -12.6. The molecule has 0 unspecified atom stereocenters. The molecule has 0 aliphatic carbocycles. The van der Waals surface area contributed by atoms with Crippen molar-refractivity contribution in [3.8, 4) is 0 Å². The molecule has 152 valence electrons. The third kappa shape index (κ3) is 21.8. The molecule has 0 aliphatic heterocycles. The summed E-state index contributed by atoms with van der Waals surface area (Å²) in [5.41, 5.74) is -5.95. The molecule has 0 aromatic heterocycles. The minimum absolute atomic E-state index is 0. The summed E-state index contributed by atoms with van der Waals surface area (Å²) < 4.78 is 0. The Morgan fingerprint density at radius 2 is 0.633 bits per heavy atom. The fourth-order valence-corrected chi connectivity index (χ4v) is 1.37. The first-order valence-corrected chi connectivity index (χ1v) is 6.23. The molecule has 0 heterocycles. The van der Waals surface area contributed by atoms with Gasteiger partial charge in [-0.1, -0.05) is 0 Å². The molecule has 0 saturated heterocycles. The molecule has 2 N–H and O–H groups in total. The van der Waals surface area contributed by atoms with Crippen LogP contribution in [-0.4, -0.2) is 216 Å². The van der Waals surface area contributed by atoms with Crippen LogP contribution in [0.1, 0.15) is 25.7 Å². The Balaban J connectivity index is -0.0000000847. The van der Waals surface area contributed by atoms with Gasteiger partial charge in [-0.05, 0) is 0 Å². The van der Waals surface area contributed by atoms with E-state index in [0.717, 1.165) is 0 Å². The van der Waals surface area contributed by atoms with Gasteiger partial charge in [-0.25, -0.2) is 0 Å². The van der Waals surface area contributed by atoms with E-state index in [4.69, 9.17) is 10.2 Å². The van der Waals surface area contributed by atoms with Gasteiger partial charge in [-0.15, -0.1) is 0 Å². The van der Waals surface area contributed by atoms with Crippen LogP contribution in [0.25, 0.3) is 0 Å². The van der Waals surface area contributed by atoms with E-state index in [1.165, 1.54) is 0 Å². The van der Waals surface area contributed by atoms with Crippen molar-refractivity contribution in [3.05, 3.63) is 0 Å². The Morgan fingerprint density at radius 1 is 0.500 bits per heavy atom. The number of aliphatic hydroxyl groups is 2. The molecular formula is C12H12Ca3O14Sr. The van der Waals surface area contributed by atoms with Crippen molar-refractivity contribution < 1.29 is 69.6 Å². The van der Waals surface area contributed by atoms with E-state index in [1.807, 2.05) is 0 Å². The Bertz CT molecular complexity index is 527. The number of aliphatic carboxylic acids is 6. The van der Waals surface area contributed by atoms with Gasteiger partial charge in [0.2, 0.25) is 0 Å². The van der Waals surface area contributed by atoms with Crippen molar-refractivity contribution in [2.75, 3.05) is 0 Å². The molecule has 0 bridgehead atoms. The predicted molar refractivity (Wildman–Crippen MR) is 84.2 cm³/mol. The second kappa shape index (κ2) is 21.5. The number of carboxylic acids is 6. The molecule has 0 aromatic carbocycles. The molecule has 0 radical (unpaired) electrons.